The number of sulfonamides is 1. The van der Waals surface area contributed by atoms with Crippen molar-refractivity contribution in [3.63, 3.8) is 0 Å². The molecule has 5 nitrogen and oxygen atoms in total. The number of ketones is 2. The van der Waals surface area contributed by atoms with Crippen molar-refractivity contribution in [1.82, 2.24) is 4.31 Å². The van der Waals surface area contributed by atoms with Gasteiger partial charge in [-0.05, 0) is 29.0 Å². The fraction of sp³-hybridized carbons (Fsp3) is 0.100. The van der Waals surface area contributed by atoms with Crippen LogP contribution < -0.4 is 0 Å². The zero-order valence-corrected chi connectivity index (χ0v) is 15.8. The standard InChI is InChI=1S/C20H14ClNO4S/c1-22-18(19(23)14-10-9-12-5-2-3-6-13(12)11-14)20(24)17-15(21)7-4-8-16(17)27(22,25)26/h2-11,18H,1H3. The zero-order valence-electron chi connectivity index (χ0n) is 14.2. The van der Waals surface area contributed by atoms with Gasteiger partial charge in [0.05, 0.1) is 15.5 Å². The van der Waals surface area contributed by atoms with Gasteiger partial charge in [-0.2, -0.15) is 4.31 Å². The maximum atomic E-state index is 13.1. The molecule has 136 valence electrons. The molecule has 3 aromatic carbocycles. The second kappa shape index (κ2) is 6.27. The van der Waals surface area contributed by atoms with E-state index in [1.54, 1.807) is 18.2 Å². The van der Waals surface area contributed by atoms with Crippen LogP contribution in [0, 0.1) is 0 Å². The monoisotopic (exact) mass is 399 g/mol. The third kappa shape index (κ3) is 2.68. The van der Waals surface area contributed by atoms with E-state index in [-0.39, 0.29) is 21.0 Å². The highest BCUT2D eigenvalue weighted by Gasteiger charge is 2.46. The lowest BCUT2D eigenvalue weighted by molar-refractivity contribution is 0.0784. The molecule has 0 aliphatic carbocycles. The highest BCUT2D eigenvalue weighted by molar-refractivity contribution is 7.89. The van der Waals surface area contributed by atoms with Crippen molar-refractivity contribution < 1.29 is 18.0 Å². The molecule has 0 N–H and O–H groups in total. The van der Waals surface area contributed by atoms with E-state index < -0.39 is 27.6 Å². The van der Waals surface area contributed by atoms with Crippen LogP contribution in [-0.4, -0.2) is 37.4 Å². The van der Waals surface area contributed by atoms with E-state index in [0.29, 0.717) is 0 Å². The van der Waals surface area contributed by atoms with Gasteiger partial charge in [0.25, 0.3) is 0 Å². The first-order valence-corrected chi connectivity index (χ1v) is 9.98. The van der Waals surface area contributed by atoms with Gasteiger partial charge in [0.2, 0.25) is 10.0 Å². The summed E-state index contributed by atoms with van der Waals surface area (Å²) < 4.78 is 26.5. The molecule has 3 aromatic rings. The maximum absolute atomic E-state index is 13.1. The number of hydrogen-bond acceptors (Lipinski definition) is 4. The van der Waals surface area contributed by atoms with E-state index in [4.69, 9.17) is 11.6 Å². The molecule has 27 heavy (non-hydrogen) atoms. The lowest BCUT2D eigenvalue weighted by Crippen LogP contribution is -2.51. The third-order valence-corrected chi connectivity index (χ3v) is 6.95. The number of fused-ring (bicyclic) bond motifs is 2. The number of nitrogens with zero attached hydrogens (tertiary/aromatic N) is 1. The van der Waals surface area contributed by atoms with Crippen molar-refractivity contribution in [1.29, 1.82) is 0 Å². The number of benzene rings is 3. The summed E-state index contributed by atoms with van der Waals surface area (Å²) in [6, 6.07) is 15.2. The minimum absolute atomic E-state index is 0.0190. The smallest absolute Gasteiger partial charge is 0.244 e. The summed E-state index contributed by atoms with van der Waals surface area (Å²) in [6.45, 7) is 0. The van der Waals surface area contributed by atoms with Gasteiger partial charge in [-0.3, -0.25) is 9.59 Å². The molecular weight excluding hydrogens is 386 g/mol. The molecule has 0 saturated heterocycles. The van der Waals surface area contributed by atoms with Crippen molar-refractivity contribution in [2.24, 2.45) is 0 Å². The maximum Gasteiger partial charge on any atom is 0.244 e. The number of carbonyl (C=O) groups is 2. The van der Waals surface area contributed by atoms with Crippen LogP contribution in [0.4, 0.5) is 0 Å². The second-order valence-corrected chi connectivity index (χ2v) is 8.70. The largest absolute Gasteiger partial charge is 0.292 e. The molecule has 1 unspecified atom stereocenters. The number of rotatable bonds is 2. The lowest BCUT2D eigenvalue weighted by atomic mass is 9.94. The normalized spacial score (nSPS) is 19.0. The molecule has 1 aliphatic rings. The van der Waals surface area contributed by atoms with Crippen LogP contribution in [0.3, 0.4) is 0 Å². The molecule has 1 aliphatic heterocycles. The van der Waals surface area contributed by atoms with Gasteiger partial charge in [-0.1, -0.05) is 54.1 Å². The summed E-state index contributed by atoms with van der Waals surface area (Å²) in [7, 11) is -2.78. The fourth-order valence-electron chi connectivity index (χ4n) is 3.34. The van der Waals surface area contributed by atoms with Gasteiger partial charge in [0.1, 0.15) is 0 Å². The summed E-state index contributed by atoms with van der Waals surface area (Å²) in [5.41, 5.74) is 0.140. The van der Waals surface area contributed by atoms with E-state index >= 15 is 0 Å². The molecule has 1 heterocycles. The van der Waals surface area contributed by atoms with Crippen LogP contribution in [0.2, 0.25) is 5.02 Å². The fourth-order valence-corrected chi connectivity index (χ4v) is 5.16. The molecule has 0 bridgehead atoms. The van der Waals surface area contributed by atoms with Crippen LogP contribution in [0.5, 0.6) is 0 Å². The first kappa shape index (κ1) is 17.9. The van der Waals surface area contributed by atoms with E-state index in [9.17, 15) is 18.0 Å². The molecule has 7 heteroatoms. The number of likely N-dealkylation sites (N-methyl/N-ethyl adjacent to an activating group) is 1. The molecule has 0 saturated carbocycles. The highest BCUT2D eigenvalue weighted by Crippen LogP contribution is 2.34. The van der Waals surface area contributed by atoms with Crippen LogP contribution >= 0.6 is 11.6 Å². The van der Waals surface area contributed by atoms with E-state index in [1.165, 1.54) is 25.2 Å². The van der Waals surface area contributed by atoms with Crippen LogP contribution in [-0.2, 0) is 10.0 Å². The Labute approximate surface area is 161 Å². The molecule has 0 amide bonds. The van der Waals surface area contributed by atoms with Crippen molar-refractivity contribution in [2.75, 3.05) is 7.05 Å². The van der Waals surface area contributed by atoms with Crippen LogP contribution in [0.15, 0.2) is 65.6 Å². The Balaban J connectivity index is 1.86. The second-order valence-electron chi connectivity index (χ2n) is 6.33. The number of Topliss-reactive ketones (excluding diaryl/α,β-unsaturated/α-hetero) is 2. The van der Waals surface area contributed by atoms with E-state index in [0.717, 1.165) is 15.1 Å². The van der Waals surface area contributed by atoms with E-state index in [2.05, 4.69) is 0 Å². The van der Waals surface area contributed by atoms with Gasteiger partial charge >= 0.3 is 0 Å². The average Bonchev–Trinajstić information content (AvgIpc) is 2.66. The van der Waals surface area contributed by atoms with E-state index in [1.807, 2.05) is 24.3 Å². The van der Waals surface area contributed by atoms with Gasteiger partial charge in [-0.15, -0.1) is 0 Å². The Kier molecular flexibility index (Phi) is 4.14. The Morgan fingerprint density at radius 3 is 2.44 bits per heavy atom. The Morgan fingerprint density at radius 1 is 1.00 bits per heavy atom. The molecule has 0 radical (unpaired) electrons. The van der Waals surface area contributed by atoms with Crippen molar-refractivity contribution in [2.45, 2.75) is 10.9 Å². The Hall–Kier alpha value is -2.54. The van der Waals surface area contributed by atoms with Crippen molar-refractivity contribution in [3.05, 3.63) is 76.8 Å². The summed E-state index contributed by atoms with van der Waals surface area (Å²) in [5, 5.41) is 1.79. The van der Waals surface area contributed by atoms with Gasteiger partial charge in [0, 0.05) is 12.6 Å². The molecule has 1 atom stereocenters. The number of halogens is 1. The van der Waals surface area contributed by atoms with Gasteiger partial charge in [0.15, 0.2) is 17.6 Å². The van der Waals surface area contributed by atoms with Gasteiger partial charge in [-0.25, -0.2) is 8.42 Å². The summed E-state index contributed by atoms with van der Waals surface area (Å²) in [6.07, 6.45) is 0. The SMILES string of the molecule is CN1C(C(=O)c2ccc3ccccc3c2)C(=O)c2c(Cl)cccc2S1(=O)=O. The highest BCUT2D eigenvalue weighted by atomic mass is 35.5. The molecule has 4 rings (SSSR count). The molecule has 0 aromatic heterocycles. The predicted octanol–water partition coefficient (Wildman–Crippen LogP) is 3.56. The zero-order chi connectivity index (χ0) is 19.3. The Morgan fingerprint density at radius 2 is 1.70 bits per heavy atom. The predicted molar refractivity (Wildman–Crippen MR) is 103 cm³/mol. The summed E-state index contributed by atoms with van der Waals surface area (Å²) in [5.74, 6) is -1.20. The first-order valence-electron chi connectivity index (χ1n) is 8.16. The third-order valence-electron chi connectivity index (χ3n) is 4.77. The molecule has 0 fully saturated rings. The summed E-state index contributed by atoms with van der Waals surface area (Å²) in [4.78, 5) is 25.9. The van der Waals surface area contributed by atoms with Crippen molar-refractivity contribution in [3.8, 4) is 0 Å². The quantitative estimate of drug-likeness (QED) is 0.488. The van der Waals surface area contributed by atoms with Crippen LogP contribution in [0.1, 0.15) is 20.7 Å². The van der Waals surface area contributed by atoms with Gasteiger partial charge < -0.3 is 0 Å². The minimum atomic E-state index is -4.01. The first-order chi connectivity index (χ1) is 12.8. The van der Waals surface area contributed by atoms with Crippen LogP contribution in [0.25, 0.3) is 10.8 Å². The number of carbonyl (C=O) groups excluding carboxylic acids is 2. The average molecular weight is 400 g/mol. The topological polar surface area (TPSA) is 71.5 Å². The lowest BCUT2D eigenvalue weighted by Gasteiger charge is -2.31. The summed E-state index contributed by atoms with van der Waals surface area (Å²) >= 11 is 6.09. The van der Waals surface area contributed by atoms with Crippen molar-refractivity contribution >= 4 is 44.0 Å². The number of hydrogen-bond donors (Lipinski definition) is 0. The minimum Gasteiger partial charge on any atom is -0.292 e. The Bertz CT molecular complexity index is 1220. The molecule has 0 spiro atoms. The molecular formula is C20H14ClNO4S.